The number of nitrogens with zero attached hydrogens (tertiary/aromatic N) is 3. The Morgan fingerprint density at radius 2 is 2.00 bits per heavy atom. The number of carbonyl (C=O) groups excluding carboxylic acids is 1. The molecule has 0 saturated heterocycles. The quantitative estimate of drug-likeness (QED) is 0.841. The van der Waals surface area contributed by atoms with Crippen LogP contribution >= 0.6 is 0 Å². The van der Waals surface area contributed by atoms with Crippen LogP contribution in [0.3, 0.4) is 0 Å². The number of sulfonamides is 1. The highest BCUT2D eigenvalue weighted by Gasteiger charge is 2.28. The van der Waals surface area contributed by atoms with Gasteiger partial charge in [-0.3, -0.25) is 14.7 Å². The average Bonchev–Trinajstić information content (AvgIpc) is 2.37. The van der Waals surface area contributed by atoms with Crippen LogP contribution in [0.25, 0.3) is 0 Å². The second-order valence-electron chi connectivity index (χ2n) is 5.14. The average molecular weight is 310 g/mol. The molecule has 114 valence electrons. The molecule has 0 radical (unpaired) electrons. The van der Waals surface area contributed by atoms with Gasteiger partial charge in [-0.25, -0.2) is 13.1 Å². The first-order valence-corrected chi connectivity index (χ1v) is 7.75. The molecule has 1 aromatic rings. The van der Waals surface area contributed by atoms with Crippen LogP contribution in [0.15, 0.2) is 23.4 Å². The van der Waals surface area contributed by atoms with Gasteiger partial charge in [-0.05, 0) is 26.1 Å². The van der Waals surface area contributed by atoms with Gasteiger partial charge in [0.2, 0.25) is 0 Å². The number of rotatable bonds is 5. The lowest BCUT2D eigenvalue weighted by Crippen LogP contribution is -2.48. The summed E-state index contributed by atoms with van der Waals surface area (Å²) in [6.45, 7) is 3.66. The summed E-state index contributed by atoms with van der Waals surface area (Å²) in [5.41, 5.74) is 0.110. The van der Waals surface area contributed by atoms with Crippen LogP contribution in [-0.2, 0) is 14.8 Å². The molecule has 1 aromatic heterocycles. The first kappa shape index (κ1) is 17.1. The van der Waals surface area contributed by atoms with Crippen molar-refractivity contribution in [1.29, 1.82) is 5.26 Å². The molecule has 21 heavy (non-hydrogen) atoms. The van der Waals surface area contributed by atoms with Crippen LogP contribution in [0, 0.1) is 17.2 Å². The van der Waals surface area contributed by atoms with Crippen LogP contribution in [0.5, 0.6) is 0 Å². The third-order valence-electron chi connectivity index (χ3n) is 2.84. The number of amides is 1. The number of pyridine rings is 1. The van der Waals surface area contributed by atoms with E-state index in [9.17, 15) is 13.2 Å². The highest BCUT2D eigenvalue weighted by atomic mass is 32.2. The molecule has 1 heterocycles. The largest absolute Gasteiger partial charge is 0.298 e. The fourth-order valence-corrected chi connectivity index (χ4v) is 3.00. The highest BCUT2D eigenvalue weighted by Crippen LogP contribution is 2.12. The number of nitrogens with one attached hydrogen (secondary N) is 1. The fraction of sp³-hybridized carbons (Fsp3) is 0.462. The van der Waals surface area contributed by atoms with Crippen molar-refractivity contribution in [1.82, 2.24) is 14.6 Å². The van der Waals surface area contributed by atoms with Crippen LogP contribution in [-0.4, -0.2) is 44.3 Å². The molecule has 7 nitrogen and oxygen atoms in total. The van der Waals surface area contributed by atoms with Crippen LogP contribution in [0.2, 0.25) is 0 Å². The molecule has 8 heteroatoms. The van der Waals surface area contributed by atoms with E-state index in [1.54, 1.807) is 25.1 Å². The predicted molar refractivity (Wildman–Crippen MR) is 76.6 cm³/mol. The lowest BCUT2D eigenvalue weighted by molar-refractivity contribution is -0.125. The van der Waals surface area contributed by atoms with Crippen LogP contribution in [0.1, 0.15) is 19.4 Å². The normalized spacial score (nSPS) is 13.0. The zero-order valence-corrected chi connectivity index (χ0v) is 13.2. The van der Waals surface area contributed by atoms with Crippen LogP contribution < -0.4 is 4.72 Å². The molecule has 0 fully saturated rings. The van der Waals surface area contributed by atoms with Gasteiger partial charge in [0.1, 0.15) is 11.0 Å². The van der Waals surface area contributed by atoms with E-state index >= 15 is 0 Å². The molecule has 0 bridgehead atoms. The van der Waals surface area contributed by atoms with Gasteiger partial charge in [0.15, 0.2) is 0 Å². The molecule has 0 spiro atoms. The molecule has 0 aliphatic carbocycles. The minimum atomic E-state index is -4.04. The molecule has 0 saturated carbocycles. The number of hydrogen-bond acceptors (Lipinski definition) is 6. The SMILES string of the molecule is CC(C)[C@H](C(=O)NS(=O)(=O)c1cncc(C#N)c1)N(C)C. The molecular formula is C13H18N4O3S. The Morgan fingerprint density at radius 1 is 1.38 bits per heavy atom. The van der Waals surface area contributed by atoms with E-state index in [1.165, 1.54) is 12.3 Å². The van der Waals surface area contributed by atoms with Crippen molar-refractivity contribution in [2.45, 2.75) is 24.8 Å². The van der Waals surface area contributed by atoms with E-state index in [-0.39, 0.29) is 16.4 Å². The van der Waals surface area contributed by atoms with Gasteiger partial charge in [0, 0.05) is 12.4 Å². The van der Waals surface area contributed by atoms with E-state index in [1.807, 2.05) is 18.6 Å². The smallest absolute Gasteiger partial charge is 0.265 e. The summed E-state index contributed by atoms with van der Waals surface area (Å²) in [6, 6.07) is 2.40. The third kappa shape index (κ3) is 4.24. The van der Waals surface area contributed by atoms with Crippen molar-refractivity contribution in [2.24, 2.45) is 5.92 Å². The van der Waals surface area contributed by atoms with E-state index in [2.05, 4.69) is 4.98 Å². The number of nitriles is 1. The van der Waals surface area contributed by atoms with Gasteiger partial charge in [-0.15, -0.1) is 0 Å². The number of carbonyl (C=O) groups is 1. The Balaban J connectivity index is 3.05. The molecule has 0 aromatic carbocycles. The summed E-state index contributed by atoms with van der Waals surface area (Å²) < 4.78 is 26.3. The molecule has 1 N–H and O–H groups in total. The maximum atomic E-state index is 12.2. The second-order valence-corrected chi connectivity index (χ2v) is 6.83. The second kappa shape index (κ2) is 6.65. The standard InChI is InChI=1S/C13H18N4O3S/c1-9(2)12(17(3)4)13(18)16-21(19,20)11-5-10(6-14)7-15-8-11/h5,7-9,12H,1-4H3,(H,16,18)/t12-/m1/s1. The lowest BCUT2D eigenvalue weighted by atomic mass is 10.0. The highest BCUT2D eigenvalue weighted by molar-refractivity contribution is 7.90. The lowest BCUT2D eigenvalue weighted by Gasteiger charge is -2.26. The summed E-state index contributed by atoms with van der Waals surface area (Å²) in [6.07, 6.45) is 2.34. The first-order valence-electron chi connectivity index (χ1n) is 6.27. The number of aromatic nitrogens is 1. The fourth-order valence-electron chi connectivity index (χ4n) is 2.01. The molecular weight excluding hydrogens is 292 g/mol. The van der Waals surface area contributed by atoms with Crippen molar-refractivity contribution in [3.63, 3.8) is 0 Å². The Morgan fingerprint density at radius 3 is 2.48 bits per heavy atom. The van der Waals surface area contributed by atoms with Crippen molar-refractivity contribution in [3.8, 4) is 6.07 Å². The van der Waals surface area contributed by atoms with E-state index in [4.69, 9.17) is 5.26 Å². The van der Waals surface area contributed by atoms with Crippen LogP contribution in [0.4, 0.5) is 0 Å². The van der Waals surface area contributed by atoms with Crippen molar-refractivity contribution < 1.29 is 13.2 Å². The zero-order chi connectivity index (χ0) is 16.2. The minimum Gasteiger partial charge on any atom is -0.298 e. The Labute approximate surface area is 124 Å². The topological polar surface area (TPSA) is 103 Å². The van der Waals surface area contributed by atoms with Crippen molar-refractivity contribution in [3.05, 3.63) is 24.0 Å². The summed E-state index contributed by atoms with van der Waals surface area (Å²) in [7, 11) is -0.638. The first-order chi connectivity index (χ1) is 9.69. The zero-order valence-electron chi connectivity index (χ0n) is 12.4. The number of hydrogen-bond donors (Lipinski definition) is 1. The van der Waals surface area contributed by atoms with Gasteiger partial charge in [0.25, 0.3) is 15.9 Å². The van der Waals surface area contributed by atoms with Gasteiger partial charge in [-0.1, -0.05) is 13.8 Å². The predicted octanol–water partition coefficient (Wildman–Crippen LogP) is 0.344. The number of likely N-dealkylation sites (N-methyl/N-ethyl adjacent to an activating group) is 1. The Kier molecular flexibility index (Phi) is 5.41. The minimum absolute atomic E-state index is 0.0567. The van der Waals surface area contributed by atoms with Crippen molar-refractivity contribution >= 4 is 15.9 Å². The maximum absolute atomic E-state index is 12.2. The summed E-state index contributed by atoms with van der Waals surface area (Å²) in [5, 5.41) is 8.76. The molecule has 1 amide bonds. The molecule has 0 aliphatic rings. The van der Waals surface area contributed by atoms with Gasteiger partial charge in [-0.2, -0.15) is 5.26 Å². The van der Waals surface area contributed by atoms with Gasteiger partial charge < -0.3 is 0 Å². The maximum Gasteiger partial charge on any atom is 0.265 e. The molecule has 0 aliphatic heterocycles. The summed E-state index contributed by atoms with van der Waals surface area (Å²) in [5.74, 6) is -0.670. The molecule has 1 atom stereocenters. The molecule has 1 rings (SSSR count). The Bertz CT molecular complexity index is 654. The van der Waals surface area contributed by atoms with E-state index < -0.39 is 22.0 Å². The van der Waals surface area contributed by atoms with Gasteiger partial charge >= 0.3 is 0 Å². The molecule has 0 unspecified atom stereocenters. The van der Waals surface area contributed by atoms with E-state index in [0.29, 0.717) is 0 Å². The van der Waals surface area contributed by atoms with Gasteiger partial charge in [0.05, 0.1) is 11.6 Å². The third-order valence-corrected chi connectivity index (χ3v) is 4.16. The van der Waals surface area contributed by atoms with Crippen molar-refractivity contribution in [2.75, 3.05) is 14.1 Å². The summed E-state index contributed by atoms with van der Waals surface area (Å²) >= 11 is 0. The Hall–Kier alpha value is -1.98. The monoisotopic (exact) mass is 310 g/mol. The summed E-state index contributed by atoms with van der Waals surface area (Å²) in [4.78, 5) is 17.3. The van der Waals surface area contributed by atoms with E-state index in [0.717, 1.165) is 6.20 Å².